The molecule has 0 aliphatic heterocycles. The van der Waals surface area contributed by atoms with Gasteiger partial charge in [0.25, 0.3) is 0 Å². The quantitative estimate of drug-likeness (QED) is 0.560. The molecule has 0 aliphatic rings. The van der Waals surface area contributed by atoms with E-state index in [1.807, 2.05) is 0 Å². The molecule has 1 rings (SSSR count). The lowest BCUT2D eigenvalue weighted by molar-refractivity contribution is -0.141. The number of carboxylic acids is 1. The van der Waals surface area contributed by atoms with Crippen LogP contribution in [0.3, 0.4) is 0 Å². The van der Waals surface area contributed by atoms with Gasteiger partial charge in [0.15, 0.2) is 0 Å². The third-order valence-corrected chi connectivity index (χ3v) is 2.50. The van der Waals surface area contributed by atoms with E-state index in [1.54, 1.807) is 18.2 Å². The lowest BCUT2D eigenvalue weighted by Gasteiger charge is -2.17. The molecule has 2 unspecified atom stereocenters. The fourth-order valence-corrected chi connectivity index (χ4v) is 1.52. The maximum absolute atomic E-state index is 10.4. The van der Waals surface area contributed by atoms with Crippen LogP contribution >= 0.6 is 12.2 Å². The van der Waals surface area contributed by atoms with Crippen molar-refractivity contribution < 1.29 is 20.1 Å². The summed E-state index contributed by atoms with van der Waals surface area (Å²) in [6, 6.07) is 6.39. The van der Waals surface area contributed by atoms with Crippen molar-refractivity contribution in [2.45, 2.75) is 18.6 Å². The largest absolute Gasteiger partial charge is 0.481 e. The fourth-order valence-electron chi connectivity index (χ4n) is 1.39. The van der Waals surface area contributed by atoms with Gasteiger partial charge >= 0.3 is 5.97 Å². The summed E-state index contributed by atoms with van der Waals surface area (Å²) >= 11 is 4.78. The number of aliphatic hydroxyl groups is 2. The third-order valence-electron chi connectivity index (χ3n) is 2.26. The molecule has 0 radical (unpaired) electrons. The number of carboxylic acid groups (broad SMARTS) is 1. The Morgan fingerprint density at radius 1 is 1.41 bits per heavy atom. The van der Waals surface area contributed by atoms with Gasteiger partial charge in [0.05, 0.1) is 12.5 Å². The lowest BCUT2D eigenvalue weighted by atomic mass is 10.0. The van der Waals surface area contributed by atoms with Gasteiger partial charge in [-0.25, -0.2) is 0 Å². The van der Waals surface area contributed by atoms with Gasteiger partial charge in [0.2, 0.25) is 0 Å². The van der Waals surface area contributed by atoms with Crippen molar-refractivity contribution in [1.29, 1.82) is 0 Å². The fraction of sp³-hybridized carbons (Fsp3) is 0.273. The van der Waals surface area contributed by atoms with Gasteiger partial charge in [0.1, 0.15) is 11.1 Å². The Labute approximate surface area is 103 Å². The summed E-state index contributed by atoms with van der Waals surface area (Å²) in [5.74, 6) is -1.18. The molecule has 0 aliphatic carbocycles. The summed E-state index contributed by atoms with van der Waals surface area (Å²) in [6.45, 7) is 0. The van der Waals surface area contributed by atoms with Gasteiger partial charge in [-0.05, 0) is 11.6 Å². The molecule has 0 heterocycles. The predicted octanol–water partition coefficient (Wildman–Crippen LogP) is 0.190. The van der Waals surface area contributed by atoms with Crippen LogP contribution in [0.25, 0.3) is 0 Å². The van der Waals surface area contributed by atoms with Gasteiger partial charge in [-0.3, -0.25) is 4.79 Å². The first-order chi connectivity index (χ1) is 7.91. The molecule has 1 aromatic carbocycles. The summed E-state index contributed by atoms with van der Waals surface area (Å²) in [6.07, 6.45) is -3.17. The number of hydrogen-bond acceptors (Lipinski definition) is 4. The highest BCUT2D eigenvalue weighted by Crippen LogP contribution is 2.20. The maximum atomic E-state index is 10.4. The Kier molecular flexibility index (Phi) is 4.56. The van der Waals surface area contributed by atoms with Crippen LogP contribution in [0.4, 0.5) is 0 Å². The number of benzene rings is 1. The maximum Gasteiger partial charge on any atom is 0.306 e. The molecule has 0 saturated carbocycles. The number of aliphatic hydroxyl groups excluding tert-OH is 2. The Balaban J connectivity index is 2.88. The molecule has 6 heteroatoms. The minimum Gasteiger partial charge on any atom is -0.481 e. The van der Waals surface area contributed by atoms with Crippen LogP contribution in [-0.2, 0) is 4.79 Å². The van der Waals surface area contributed by atoms with Crippen LogP contribution in [-0.4, -0.2) is 32.4 Å². The molecular weight excluding hydrogens is 242 g/mol. The molecule has 0 bridgehead atoms. The highest BCUT2D eigenvalue weighted by Gasteiger charge is 2.21. The van der Waals surface area contributed by atoms with Crippen LogP contribution in [0.15, 0.2) is 24.3 Å². The van der Waals surface area contributed by atoms with E-state index < -0.39 is 24.6 Å². The van der Waals surface area contributed by atoms with Crippen molar-refractivity contribution in [3.8, 4) is 0 Å². The number of thiocarbonyl (C=S) groups is 1. The van der Waals surface area contributed by atoms with Crippen LogP contribution in [0.5, 0.6) is 0 Å². The highest BCUT2D eigenvalue weighted by molar-refractivity contribution is 7.80. The number of aliphatic carboxylic acids is 1. The summed E-state index contributed by atoms with van der Waals surface area (Å²) in [5.41, 5.74) is 6.37. The zero-order chi connectivity index (χ0) is 13.0. The molecule has 1 aromatic rings. The summed E-state index contributed by atoms with van der Waals surface area (Å²) in [7, 11) is 0. The zero-order valence-corrected chi connectivity index (χ0v) is 9.72. The molecule has 0 saturated heterocycles. The Morgan fingerprint density at radius 2 is 2.06 bits per heavy atom. The van der Waals surface area contributed by atoms with Crippen molar-refractivity contribution in [3.05, 3.63) is 35.4 Å². The van der Waals surface area contributed by atoms with Crippen molar-refractivity contribution >= 4 is 23.2 Å². The smallest absolute Gasteiger partial charge is 0.306 e. The first kappa shape index (κ1) is 13.6. The van der Waals surface area contributed by atoms with E-state index >= 15 is 0 Å². The highest BCUT2D eigenvalue weighted by atomic mass is 32.1. The average molecular weight is 255 g/mol. The topological polar surface area (TPSA) is 104 Å². The van der Waals surface area contributed by atoms with Gasteiger partial charge in [0, 0.05) is 5.56 Å². The van der Waals surface area contributed by atoms with E-state index in [9.17, 15) is 15.0 Å². The SMILES string of the molecule is NC(=S)c1cccc(C(O)C(O)CC(=O)O)c1. The summed E-state index contributed by atoms with van der Waals surface area (Å²) < 4.78 is 0. The summed E-state index contributed by atoms with van der Waals surface area (Å²) in [5, 5.41) is 27.7. The van der Waals surface area contributed by atoms with E-state index in [1.165, 1.54) is 6.07 Å². The molecular formula is C11H13NO4S. The number of hydrogen-bond donors (Lipinski definition) is 4. The molecule has 0 amide bonds. The molecule has 0 spiro atoms. The molecule has 2 atom stereocenters. The normalized spacial score (nSPS) is 14.0. The molecule has 0 fully saturated rings. The second-order valence-corrected chi connectivity index (χ2v) is 4.04. The minimum absolute atomic E-state index is 0.173. The van der Waals surface area contributed by atoms with E-state index in [-0.39, 0.29) is 4.99 Å². The summed E-state index contributed by atoms with van der Waals surface area (Å²) in [4.78, 5) is 10.6. The third kappa shape index (κ3) is 3.77. The van der Waals surface area contributed by atoms with Gasteiger partial charge in [-0.2, -0.15) is 0 Å². The number of nitrogens with two attached hydrogens (primary N) is 1. The van der Waals surface area contributed by atoms with Crippen LogP contribution < -0.4 is 5.73 Å². The second kappa shape index (κ2) is 5.72. The standard InChI is InChI=1S/C11H13NO4S/c12-11(17)7-3-1-2-6(4-7)10(16)8(13)5-9(14)15/h1-4,8,10,13,16H,5H2,(H2,12,17)(H,14,15). The first-order valence-corrected chi connectivity index (χ1v) is 5.30. The average Bonchev–Trinajstić information content (AvgIpc) is 2.27. The second-order valence-electron chi connectivity index (χ2n) is 3.60. The zero-order valence-electron chi connectivity index (χ0n) is 8.91. The van der Waals surface area contributed by atoms with Crippen LogP contribution in [0, 0.1) is 0 Å². The van der Waals surface area contributed by atoms with Crippen molar-refractivity contribution in [3.63, 3.8) is 0 Å². The van der Waals surface area contributed by atoms with E-state index in [0.29, 0.717) is 11.1 Å². The molecule has 92 valence electrons. The Morgan fingerprint density at radius 3 is 2.59 bits per heavy atom. The predicted molar refractivity (Wildman–Crippen MR) is 65.5 cm³/mol. The molecule has 17 heavy (non-hydrogen) atoms. The van der Waals surface area contributed by atoms with Crippen LogP contribution in [0.2, 0.25) is 0 Å². The molecule has 5 nitrogen and oxygen atoms in total. The van der Waals surface area contributed by atoms with E-state index in [2.05, 4.69) is 0 Å². The Hall–Kier alpha value is -1.50. The van der Waals surface area contributed by atoms with Gasteiger partial charge in [-0.15, -0.1) is 0 Å². The van der Waals surface area contributed by atoms with E-state index in [4.69, 9.17) is 23.1 Å². The van der Waals surface area contributed by atoms with Gasteiger partial charge in [-0.1, -0.05) is 30.4 Å². The molecule has 0 aromatic heterocycles. The molecule has 5 N–H and O–H groups in total. The van der Waals surface area contributed by atoms with E-state index in [0.717, 1.165) is 0 Å². The van der Waals surface area contributed by atoms with Crippen LogP contribution in [0.1, 0.15) is 23.7 Å². The van der Waals surface area contributed by atoms with Crippen molar-refractivity contribution in [2.24, 2.45) is 5.73 Å². The van der Waals surface area contributed by atoms with Gasteiger partial charge < -0.3 is 21.1 Å². The minimum atomic E-state index is -1.37. The van der Waals surface area contributed by atoms with Crippen molar-refractivity contribution in [1.82, 2.24) is 0 Å². The first-order valence-electron chi connectivity index (χ1n) is 4.89. The Bertz CT molecular complexity index is 435. The number of carbonyl (C=O) groups is 1. The van der Waals surface area contributed by atoms with Crippen molar-refractivity contribution in [2.75, 3.05) is 0 Å². The lowest BCUT2D eigenvalue weighted by Crippen LogP contribution is -2.22. The monoisotopic (exact) mass is 255 g/mol. The number of rotatable bonds is 5.